The Kier molecular flexibility index (Phi) is 11.4. The molecule has 2 aromatic carbocycles. The molecular formula is C43H49N5O7S. The number of nitrogens with one attached hydrogen (secondary N) is 2. The summed E-state index contributed by atoms with van der Waals surface area (Å²) in [5, 5.41) is 17.8. The Hall–Kier alpha value is -5.30. The van der Waals surface area contributed by atoms with Crippen LogP contribution in [-0.4, -0.2) is 79.7 Å². The minimum atomic E-state index is -1.45. The summed E-state index contributed by atoms with van der Waals surface area (Å²) in [6.45, 7) is 5.25. The Balaban J connectivity index is 1.18. The molecular weight excluding hydrogens is 731 g/mol. The number of rotatable bonds is 8. The largest absolute Gasteiger partial charge is 0.479 e. The molecule has 3 unspecified atom stereocenters. The third-order valence-electron chi connectivity index (χ3n) is 10.6. The van der Waals surface area contributed by atoms with Gasteiger partial charge in [0.15, 0.2) is 0 Å². The van der Waals surface area contributed by atoms with E-state index in [2.05, 4.69) is 28.8 Å². The average Bonchev–Trinajstić information content (AvgIpc) is 3.45. The van der Waals surface area contributed by atoms with Crippen LogP contribution in [-0.2, 0) is 32.0 Å². The molecule has 1 aliphatic carbocycles. The second-order valence-electron chi connectivity index (χ2n) is 16.0. The molecule has 56 heavy (non-hydrogen) atoms. The van der Waals surface area contributed by atoms with Crippen LogP contribution < -0.4 is 15.4 Å². The van der Waals surface area contributed by atoms with E-state index in [4.69, 9.17) is 19.4 Å². The van der Waals surface area contributed by atoms with Crippen molar-refractivity contribution in [1.82, 2.24) is 25.5 Å². The molecule has 0 bridgehead atoms. The van der Waals surface area contributed by atoms with E-state index in [9.17, 15) is 24.3 Å². The summed E-state index contributed by atoms with van der Waals surface area (Å²) in [6.07, 6.45) is 7.86. The predicted molar refractivity (Wildman–Crippen MR) is 213 cm³/mol. The van der Waals surface area contributed by atoms with Crippen molar-refractivity contribution in [2.24, 2.45) is 5.92 Å². The average molecular weight is 780 g/mol. The summed E-state index contributed by atoms with van der Waals surface area (Å²) in [5.41, 5.74) is 2.07. The lowest BCUT2D eigenvalue weighted by molar-refractivity contribution is -0.145. The van der Waals surface area contributed by atoms with Crippen LogP contribution in [0, 0.1) is 5.92 Å². The Morgan fingerprint density at radius 2 is 1.80 bits per heavy atom. The Morgan fingerprint density at radius 3 is 2.55 bits per heavy atom. The number of carbonyl (C=O) groups excluding carboxylic acids is 3. The number of ether oxygens (including phenoxy) is 2. The highest BCUT2D eigenvalue weighted by Crippen LogP contribution is 2.45. The lowest BCUT2D eigenvalue weighted by atomic mass is 10.0. The van der Waals surface area contributed by atoms with E-state index in [0.717, 1.165) is 48.1 Å². The number of alkyl carbamates (subject to hydrolysis) is 1. The molecule has 4 aromatic rings. The number of amides is 3. The number of aryl methyl sites for hydroxylation is 2. The van der Waals surface area contributed by atoms with E-state index in [1.54, 1.807) is 20.8 Å². The first kappa shape index (κ1) is 39.0. The van der Waals surface area contributed by atoms with Gasteiger partial charge >= 0.3 is 12.1 Å². The van der Waals surface area contributed by atoms with Gasteiger partial charge in [-0.15, -0.1) is 11.3 Å². The molecule has 1 saturated carbocycles. The second-order valence-corrected chi connectivity index (χ2v) is 16.9. The molecule has 12 nitrogen and oxygen atoms in total. The Labute approximate surface area is 330 Å². The molecule has 3 amide bonds. The number of fused-ring (bicyclic) bond motifs is 3. The van der Waals surface area contributed by atoms with Gasteiger partial charge < -0.3 is 30.1 Å². The lowest BCUT2D eigenvalue weighted by Crippen LogP contribution is -2.56. The molecule has 4 heterocycles. The van der Waals surface area contributed by atoms with Gasteiger partial charge in [-0.25, -0.2) is 19.6 Å². The van der Waals surface area contributed by atoms with Gasteiger partial charge in [-0.1, -0.05) is 67.5 Å². The van der Waals surface area contributed by atoms with Crippen molar-refractivity contribution < 1.29 is 33.8 Å². The fourth-order valence-electron chi connectivity index (χ4n) is 7.58. The fourth-order valence-corrected chi connectivity index (χ4v) is 8.29. The highest BCUT2D eigenvalue weighted by molar-refractivity contribution is 7.13. The number of allylic oxidation sites excluding steroid dienone is 1. The number of hydrogen-bond donors (Lipinski definition) is 3. The minimum absolute atomic E-state index is 0.00877. The first-order valence-electron chi connectivity index (χ1n) is 19.5. The Bertz CT molecular complexity index is 2100. The van der Waals surface area contributed by atoms with E-state index in [1.807, 2.05) is 60.0 Å². The van der Waals surface area contributed by atoms with Gasteiger partial charge in [0.05, 0.1) is 22.5 Å². The zero-order chi connectivity index (χ0) is 39.5. The molecule has 7 rings (SSSR count). The number of benzene rings is 2. The zero-order valence-corrected chi connectivity index (χ0v) is 32.8. The molecule has 5 atom stereocenters. The van der Waals surface area contributed by atoms with Gasteiger partial charge in [0.1, 0.15) is 35.0 Å². The van der Waals surface area contributed by atoms with Crippen LogP contribution in [0.2, 0.25) is 0 Å². The number of thiophene rings is 1. The number of aliphatic carboxylic acids is 1. The summed E-state index contributed by atoms with van der Waals surface area (Å²) in [7, 11) is 0. The molecule has 3 aliphatic rings. The minimum Gasteiger partial charge on any atom is -0.479 e. The number of carbonyl (C=O) groups is 4. The van der Waals surface area contributed by atoms with E-state index < -0.39 is 53.2 Å². The summed E-state index contributed by atoms with van der Waals surface area (Å²) in [6, 6.07) is 18.2. The summed E-state index contributed by atoms with van der Waals surface area (Å²) < 4.78 is 12.1. The number of nitrogens with zero attached hydrogens (tertiary/aromatic N) is 3. The lowest BCUT2D eigenvalue weighted by Gasteiger charge is -2.30. The van der Waals surface area contributed by atoms with E-state index in [1.165, 1.54) is 21.8 Å². The van der Waals surface area contributed by atoms with E-state index >= 15 is 0 Å². The maximum Gasteiger partial charge on any atom is 0.408 e. The molecule has 2 aliphatic heterocycles. The van der Waals surface area contributed by atoms with Crippen LogP contribution in [0.25, 0.3) is 21.6 Å². The summed E-state index contributed by atoms with van der Waals surface area (Å²) >= 11 is 1.50. The number of aromatic nitrogens is 2. The number of hydrogen-bond acceptors (Lipinski definition) is 9. The fraction of sp³-hybridized carbons (Fsp3) is 0.442. The van der Waals surface area contributed by atoms with Crippen molar-refractivity contribution in [1.29, 1.82) is 0 Å². The topological polar surface area (TPSA) is 160 Å². The van der Waals surface area contributed by atoms with Crippen molar-refractivity contribution in [2.45, 2.75) is 108 Å². The maximum atomic E-state index is 14.5. The molecule has 0 radical (unpaired) electrons. The SMILES string of the molecule is CC(C)(C)OC(=O)N[C@H]1CCCCC/C=C\C2CC2(C(=O)O)NC(=O)C2C[C@@H](Oc3nc4ccc(CCc5ccccc5)cc4nc3-c3cccs3)CN2C1=O. The van der Waals surface area contributed by atoms with E-state index in [-0.39, 0.29) is 31.2 Å². The smallest absolute Gasteiger partial charge is 0.408 e. The highest BCUT2D eigenvalue weighted by atomic mass is 32.1. The second kappa shape index (κ2) is 16.4. The van der Waals surface area contributed by atoms with Crippen LogP contribution in [0.5, 0.6) is 5.88 Å². The molecule has 3 N–H and O–H groups in total. The van der Waals surface area contributed by atoms with Gasteiger partial charge in [-0.05, 0) is 94.0 Å². The van der Waals surface area contributed by atoms with Crippen LogP contribution in [0.3, 0.4) is 0 Å². The van der Waals surface area contributed by atoms with Gasteiger partial charge in [-0.2, -0.15) is 0 Å². The summed E-state index contributed by atoms with van der Waals surface area (Å²) in [4.78, 5) is 66.5. The van der Waals surface area contributed by atoms with Crippen LogP contribution in [0.1, 0.15) is 76.8 Å². The Morgan fingerprint density at radius 1 is 1.00 bits per heavy atom. The first-order valence-corrected chi connectivity index (χ1v) is 20.3. The van der Waals surface area contributed by atoms with Crippen LogP contribution in [0.4, 0.5) is 4.79 Å². The quantitative estimate of drug-likeness (QED) is 0.162. The normalized spacial score (nSPS) is 24.9. The van der Waals surface area contributed by atoms with Crippen molar-refractivity contribution >= 4 is 46.2 Å². The first-order chi connectivity index (χ1) is 26.9. The van der Waals surface area contributed by atoms with Crippen molar-refractivity contribution in [3.05, 3.63) is 89.3 Å². The van der Waals surface area contributed by atoms with Crippen molar-refractivity contribution in [3.8, 4) is 16.5 Å². The highest BCUT2D eigenvalue weighted by Gasteiger charge is 2.61. The third kappa shape index (κ3) is 9.04. The van der Waals surface area contributed by atoms with Gasteiger partial charge in [0.2, 0.25) is 17.7 Å². The molecule has 294 valence electrons. The molecule has 0 spiro atoms. The number of carboxylic acid groups (broad SMARTS) is 1. The van der Waals surface area contributed by atoms with Gasteiger partial charge in [-0.3, -0.25) is 9.59 Å². The third-order valence-corrected chi connectivity index (χ3v) is 11.5. The zero-order valence-electron chi connectivity index (χ0n) is 32.0. The monoisotopic (exact) mass is 779 g/mol. The van der Waals surface area contributed by atoms with Crippen LogP contribution in [0.15, 0.2) is 78.2 Å². The van der Waals surface area contributed by atoms with Gasteiger partial charge in [0, 0.05) is 12.3 Å². The van der Waals surface area contributed by atoms with Crippen LogP contribution >= 0.6 is 11.3 Å². The molecule has 2 fully saturated rings. The standard InChI is InChI=1S/C43H49N5O7S/c1-42(2,3)55-41(53)46-32-16-11-6-4-5-10-15-29-25-43(29,40(51)52)47-37(49)34-24-30(26-48(34)39(32)50)54-38-36(35-17-12-22-56-35)44-33-23-28(20-21-31(33)45-38)19-18-27-13-8-7-9-14-27/h7-10,12-15,17,20-23,29-30,32,34H,4-6,11,16,18-19,24-26H2,1-3H3,(H,46,53)(H,47,49)(H,51,52)/b15-10-/t29?,30-,32+,34?,43?/m1/s1. The molecule has 2 aromatic heterocycles. The van der Waals surface area contributed by atoms with E-state index in [0.29, 0.717) is 24.1 Å². The predicted octanol–water partition coefficient (Wildman–Crippen LogP) is 6.86. The molecule has 13 heteroatoms. The molecule has 1 saturated heterocycles. The summed E-state index contributed by atoms with van der Waals surface area (Å²) in [5.74, 6) is -2.24. The van der Waals surface area contributed by atoms with Crippen molar-refractivity contribution in [3.63, 3.8) is 0 Å². The van der Waals surface area contributed by atoms with Crippen molar-refractivity contribution in [2.75, 3.05) is 6.54 Å². The maximum absolute atomic E-state index is 14.5. The van der Waals surface area contributed by atoms with Gasteiger partial charge in [0.25, 0.3) is 0 Å². The number of carboxylic acids is 1.